The lowest BCUT2D eigenvalue weighted by Crippen LogP contribution is -2.47. The normalized spacial score (nSPS) is 13.6. The van der Waals surface area contributed by atoms with Crippen molar-refractivity contribution in [2.75, 3.05) is 5.73 Å². The van der Waals surface area contributed by atoms with Gasteiger partial charge in [0.05, 0.1) is 6.10 Å². The van der Waals surface area contributed by atoms with Gasteiger partial charge < -0.3 is 21.3 Å². The van der Waals surface area contributed by atoms with Crippen molar-refractivity contribution in [3.05, 3.63) is 29.8 Å². The number of para-hydroxylation sites is 1. The largest absolute Gasteiger partial charge is 0.480 e. The van der Waals surface area contributed by atoms with Crippen molar-refractivity contribution in [2.24, 2.45) is 0 Å². The van der Waals surface area contributed by atoms with Crippen LogP contribution in [0, 0.1) is 0 Å². The van der Waals surface area contributed by atoms with Crippen molar-refractivity contribution in [3.8, 4) is 0 Å². The molecule has 1 rings (SSSR count). The minimum atomic E-state index is -1.29. The quantitative estimate of drug-likeness (QED) is 0.547. The van der Waals surface area contributed by atoms with Crippen molar-refractivity contribution in [1.29, 1.82) is 0 Å². The minimum absolute atomic E-state index is 0.116. The third-order valence-electron chi connectivity index (χ3n) is 2.74. The van der Waals surface area contributed by atoms with Gasteiger partial charge in [0.1, 0.15) is 0 Å². The second-order valence-corrected chi connectivity index (χ2v) is 4.32. The standard InChI is InChI=1S/C13H18N2O4/c1-8(16)12(13(18)19)15-11(17)7-6-9-4-2-3-5-10(9)14/h2-5,8,12,16H,6-7,14H2,1H3,(H,15,17)(H,18,19). The highest BCUT2D eigenvalue weighted by Gasteiger charge is 2.24. The number of nitrogens with two attached hydrogens (primary N) is 1. The Morgan fingerprint density at radius 3 is 2.53 bits per heavy atom. The second-order valence-electron chi connectivity index (χ2n) is 4.32. The van der Waals surface area contributed by atoms with Gasteiger partial charge in [-0.15, -0.1) is 0 Å². The van der Waals surface area contributed by atoms with Crippen LogP contribution in [0.15, 0.2) is 24.3 Å². The van der Waals surface area contributed by atoms with Crippen LogP contribution in [0.25, 0.3) is 0 Å². The van der Waals surface area contributed by atoms with E-state index >= 15 is 0 Å². The predicted molar refractivity (Wildman–Crippen MR) is 70.4 cm³/mol. The number of aliphatic hydroxyl groups excluding tert-OH is 1. The molecule has 0 radical (unpaired) electrons. The van der Waals surface area contributed by atoms with Gasteiger partial charge in [0, 0.05) is 12.1 Å². The summed E-state index contributed by atoms with van der Waals surface area (Å²) in [6.07, 6.45) is -0.613. The monoisotopic (exact) mass is 266 g/mol. The molecule has 0 bridgehead atoms. The van der Waals surface area contributed by atoms with E-state index in [9.17, 15) is 14.7 Å². The molecule has 0 spiro atoms. The molecule has 0 aliphatic carbocycles. The van der Waals surface area contributed by atoms with Gasteiger partial charge in [0.25, 0.3) is 0 Å². The number of aryl methyl sites for hydroxylation is 1. The summed E-state index contributed by atoms with van der Waals surface area (Å²) < 4.78 is 0. The average Bonchev–Trinajstić information content (AvgIpc) is 2.34. The van der Waals surface area contributed by atoms with Crippen LogP contribution in [0.5, 0.6) is 0 Å². The lowest BCUT2D eigenvalue weighted by molar-refractivity contribution is -0.144. The van der Waals surface area contributed by atoms with Crippen LogP contribution in [0.2, 0.25) is 0 Å². The first kappa shape index (κ1) is 15.0. The molecule has 104 valence electrons. The Morgan fingerprint density at radius 1 is 1.37 bits per heavy atom. The first-order valence-electron chi connectivity index (χ1n) is 5.95. The first-order chi connectivity index (χ1) is 8.91. The smallest absolute Gasteiger partial charge is 0.328 e. The zero-order valence-electron chi connectivity index (χ0n) is 10.7. The summed E-state index contributed by atoms with van der Waals surface area (Å²) in [6, 6.07) is 5.88. The van der Waals surface area contributed by atoms with Gasteiger partial charge in [0.2, 0.25) is 5.91 Å². The number of hydrogen-bond donors (Lipinski definition) is 4. The molecular formula is C13H18N2O4. The number of carbonyl (C=O) groups excluding carboxylic acids is 1. The Hall–Kier alpha value is -2.08. The number of carboxylic acid groups (broad SMARTS) is 1. The van der Waals surface area contributed by atoms with Crippen LogP contribution >= 0.6 is 0 Å². The highest BCUT2D eigenvalue weighted by molar-refractivity contribution is 5.84. The van der Waals surface area contributed by atoms with E-state index in [1.165, 1.54) is 6.92 Å². The second kappa shape index (κ2) is 6.75. The summed E-state index contributed by atoms with van der Waals surface area (Å²) in [6.45, 7) is 1.31. The van der Waals surface area contributed by atoms with Gasteiger partial charge >= 0.3 is 5.97 Å². The fourth-order valence-corrected chi connectivity index (χ4v) is 1.64. The maximum absolute atomic E-state index is 11.6. The number of carboxylic acids is 1. The van der Waals surface area contributed by atoms with Crippen LogP contribution in [-0.2, 0) is 16.0 Å². The summed E-state index contributed by atoms with van der Waals surface area (Å²) >= 11 is 0. The molecule has 0 aliphatic heterocycles. The number of nitrogens with one attached hydrogen (secondary N) is 1. The molecule has 6 heteroatoms. The van der Waals surface area contributed by atoms with Crippen molar-refractivity contribution in [2.45, 2.75) is 31.9 Å². The maximum Gasteiger partial charge on any atom is 0.328 e. The Kier molecular flexibility index (Phi) is 5.32. The molecule has 0 aromatic heterocycles. The van der Waals surface area contributed by atoms with Gasteiger partial charge in [0.15, 0.2) is 6.04 Å². The SMILES string of the molecule is CC(O)C(NC(=O)CCc1ccccc1N)C(=O)O. The van der Waals surface area contributed by atoms with Crippen LogP contribution in [0.1, 0.15) is 18.9 Å². The molecule has 19 heavy (non-hydrogen) atoms. The molecule has 0 saturated carbocycles. The fraction of sp³-hybridized carbons (Fsp3) is 0.385. The van der Waals surface area contributed by atoms with E-state index < -0.39 is 24.0 Å². The Balaban J connectivity index is 2.52. The van der Waals surface area contributed by atoms with E-state index in [4.69, 9.17) is 10.8 Å². The number of aliphatic carboxylic acids is 1. The predicted octanol–water partition coefficient (Wildman–Crippen LogP) is 0.152. The molecule has 0 heterocycles. The highest BCUT2D eigenvalue weighted by Crippen LogP contribution is 2.12. The molecule has 5 N–H and O–H groups in total. The number of anilines is 1. The van der Waals surface area contributed by atoms with Crippen molar-refractivity contribution >= 4 is 17.6 Å². The molecule has 1 amide bonds. The van der Waals surface area contributed by atoms with Crippen LogP contribution in [0.4, 0.5) is 5.69 Å². The van der Waals surface area contributed by atoms with Gasteiger partial charge in [-0.25, -0.2) is 4.79 Å². The lowest BCUT2D eigenvalue weighted by atomic mass is 10.1. The van der Waals surface area contributed by atoms with Crippen LogP contribution in [-0.4, -0.2) is 34.2 Å². The summed E-state index contributed by atoms with van der Waals surface area (Å²) in [5, 5.41) is 20.3. The Labute approximate surface area is 111 Å². The number of hydrogen-bond acceptors (Lipinski definition) is 4. The fourth-order valence-electron chi connectivity index (χ4n) is 1.64. The van der Waals surface area contributed by atoms with Crippen molar-refractivity contribution in [1.82, 2.24) is 5.32 Å². The summed E-state index contributed by atoms with van der Waals surface area (Å²) in [4.78, 5) is 22.4. The number of nitrogen functional groups attached to an aromatic ring is 1. The number of aliphatic hydroxyl groups is 1. The maximum atomic E-state index is 11.6. The molecule has 1 aromatic carbocycles. The molecule has 2 atom stereocenters. The topological polar surface area (TPSA) is 113 Å². The van der Waals surface area contributed by atoms with Gasteiger partial charge in [-0.1, -0.05) is 18.2 Å². The molecular weight excluding hydrogens is 248 g/mol. The Morgan fingerprint density at radius 2 is 2.00 bits per heavy atom. The summed E-state index contributed by atoms with van der Waals surface area (Å²) in [5.74, 6) is -1.70. The third-order valence-corrected chi connectivity index (χ3v) is 2.74. The van der Waals surface area contributed by atoms with Crippen molar-refractivity contribution in [3.63, 3.8) is 0 Å². The zero-order chi connectivity index (χ0) is 14.4. The van der Waals surface area contributed by atoms with Gasteiger partial charge in [-0.05, 0) is 25.0 Å². The summed E-state index contributed by atoms with van der Waals surface area (Å²) in [7, 11) is 0. The number of rotatable bonds is 6. The van der Waals surface area contributed by atoms with Crippen LogP contribution < -0.4 is 11.1 Å². The third kappa shape index (κ3) is 4.59. The number of benzene rings is 1. The summed E-state index contributed by atoms with van der Waals surface area (Å²) in [5.41, 5.74) is 7.17. The van der Waals surface area contributed by atoms with Crippen molar-refractivity contribution < 1.29 is 19.8 Å². The molecule has 6 nitrogen and oxygen atoms in total. The Bertz CT molecular complexity index is 460. The molecule has 0 fully saturated rings. The van der Waals surface area contributed by atoms with E-state index in [1.54, 1.807) is 12.1 Å². The number of amides is 1. The first-order valence-corrected chi connectivity index (χ1v) is 5.95. The highest BCUT2D eigenvalue weighted by atomic mass is 16.4. The van der Waals surface area contributed by atoms with E-state index in [0.717, 1.165) is 5.56 Å². The van der Waals surface area contributed by atoms with E-state index in [-0.39, 0.29) is 6.42 Å². The van der Waals surface area contributed by atoms with E-state index in [2.05, 4.69) is 5.32 Å². The molecule has 0 aliphatic rings. The minimum Gasteiger partial charge on any atom is -0.480 e. The van der Waals surface area contributed by atoms with Gasteiger partial charge in [-0.2, -0.15) is 0 Å². The average molecular weight is 266 g/mol. The van der Waals surface area contributed by atoms with E-state index in [1.807, 2.05) is 12.1 Å². The number of carbonyl (C=O) groups is 2. The lowest BCUT2D eigenvalue weighted by Gasteiger charge is -2.17. The molecule has 1 aromatic rings. The zero-order valence-corrected chi connectivity index (χ0v) is 10.7. The van der Waals surface area contributed by atoms with Crippen LogP contribution in [0.3, 0.4) is 0 Å². The van der Waals surface area contributed by atoms with E-state index in [0.29, 0.717) is 12.1 Å². The molecule has 2 unspecified atom stereocenters. The van der Waals surface area contributed by atoms with Gasteiger partial charge in [-0.3, -0.25) is 4.79 Å². The molecule has 0 saturated heterocycles.